The summed E-state index contributed by atoms with van der Waals surface area (Å²) in [6, 6.07) is 7.25. The molecule has 0 radical (unpaired) electrons. The number of likely N-dealkylation sites (tertiary alicyclic amines) is 1. The maximum Gasteiger partial charge on any atom is 0.234 e. The van der Waals surface area contributed by atoms with Gasteiger partial charge in [0.1, 0.15) is 0 Å². The molecule has 194 valence electrons. The van der Waals surface area contributed by atoms with Crippen LogP contribution in [0.15, 0.2) is 63.0 Å². The molecule has 4 aliphatic rings. The van der Waals surface area contributed by atoms with Gasteiger partial charge in [-0.05, 0) is 86.4 Å². The molecule has 2 aromatic rings. The predicted molar refractivity (Wildman–Crippen MR) is 152 cm³/mol. The highest BCUT2D eigenvalue weighted by Crippen LogP contribution is 2.56. The number of allylic oxidation sites excluding steroid dienone is 6. The molecule has 3 aliphatic carbocycles. The summed E-state index contributed by atoms with van der Waals surface area (Å²) in [5.74, 6) is -2.83. The van der Waals surface area contributed by atoms with E-state index < -0.39 is 23.7 Å². The Morgan fingerprint density at radius 3 is 2.68 bits per heavy atom. The summed E-state index contributed by atoms with van der Waals surface area (Å²) in [5, 5.41) is 12.4. The molecule has 2 amide bonds. The van der Waals surface area contributed by atoms with Crippen LogP contribution < -0.4 is 4.74 Å². The lowest BCUT2D eigenvalue weighted by molar-refractivity contribution is -0.140. The summed E-state index contributed by atoms with van der Waals surface area (Å²) < 4.78 is 6.12. The molecule has 1 N–H and O–H groups in total. The first-order chi connectivity index (χ1) is 18.2. The molecule has 1 fully saturated rings. The second kappa shape index (κ2) is 9.56. The Balaban J connectivity index is 1.48. The van der Waals surface area contributed by atoms with Gasteiger partial charge in [-0.2, -0.15) is 0 Å². The van der Waals surface area contributed by atoms with Crippen molar-refractivity contribution in [2.75, 3.05) is 7.11 Å². The molecule has 7 nitrogen and oxygen atoms in total. The number of ether oxygens (including phenoxy) is 1. The highest BCUT2D eigenvalue weighted by Gasteiger charge is 2.56. The van der Waals surface area contributed by atoms with Crippen LogP contribution >= 0.6 is 49.9 Å². The van der Waals surface area contributed by atoms with E-state index in [-0.39, 0.29) is 52.3 Å². The first-order valence-corrected chi connectivity index (χ1v) is 14.8. The van der Waals surface area contributed by atoms with Crippen LogP contribution in [-0.2, 0) is 25.7 Å². The molecule has 1 saturated heterocycles. The van der Waals surface area contributed by atoms with E-state index in [0.717, 1.165) is 10.5 Å². The molecule has 4 atom stereocenters. The fourth-order valence-electron chi connectivity index (χ4n) is 6.28. The van der Waals surface area contributed by atoms with Crippen LogP contribution in [0.25, 0.3) is 0 Å². The quantitative estimate of drug-likeness (QED) is 0.208. The number of rotatable bonds is 4. The zero-order valence-electron chi connectivity index (χ0n) is 20.1. The second-order valence-electron chi connectivity index (χ2n) is 9.79. The monoisotopic (exact) mass is 705 g/mol. The number of thiophene rings is 1. The first kappa shape index (κ1) is 25.7. The third kappa shape index (κ3) is 3.86. The van der Waals surface area contributed by atoms with E-state index in [9.17, 15) is 24.3 Å². The van der Waals surface area contributed by atoms with Gasteiger partial charge in [0.2, 0.25) is 11.8 Å². The lowest BCUT2D eigenvalue weighted by atomic mass is 9.59. The van der Waals surface area contributed by atoms with E-state index in [1.807, 2.05) is 46.2 Å². The number of nitrogens with zero attached hydrogens (tertiary/aromatic N) is 1. The van der Waals surface area contributed by atoms with E-state index in [0.29, 0.717) is 26.7 Å². The number of Topliss-reactive ketones (excluding diaryl/α,β-unsaturated/α-hetero) is 1. The maximum atomic E-state index is 13.8. The Labute approximate surface area is 244 Å². The largest absolute Gasteiger partial charge is 0.504 e. The van der Waals surface area contributed by atoms with Crippen LogP contribution in [-0.4, -0.2) is 40.5 Å². The summed E-state index contributed by atoms with van der Waals surface area (Å²) >= 11 is 6.75. The van der Waals surface area contributed by atoms with Crippen molar-refractivity contribution in [3.8, 4) is 11.5 Å². The molecular formula is C28H21BrINO6S. The number of fused-ring (bicyclic) bond motifs is 3. The summed E-state index contributed by atoms with van der Waals surface area (Å²) in [7, 11) is 1.45. The van der Waals surface area contributed by atoms with Crippen LogP contribution in [0.3, 0.4) is 0 Å². The number of phenolic OH excluding ortho intramolecular Hbond substituents is 1. The van der Waals surface area contributed by atoms with E-state index in [4.69, 9.17) is 4.74 Å². The Bertz CT molecular complexity index is 1520. The third-order valence-electron chi connectivity index (χ3n) is 7.92. The Kier molecular flexibility index (Phi) is 6.47. The second-order valence-corrected chi connectivity index (χ2v) is 12.8. The molecule has 10 heteroatoms. The van der Waals surface area contributed by atoms with Crippen molar-refractivity contribution in [1.29, 1.82) is 0 Å². The number of ketones is 2. The fourth-order valence-corrected chi connectivity index (χ4v) is 8.05. The highest BCUT2D eigenvalue weighted by atomic mass is 127. The minimum Gasteiger partial charge on any atom is -0.504 e. The number of methoxy groups -OCH3 is 1. The van der Waals surface area contributed by atoms with Crippen LogP contribution in [0.2, 0.25) is 0 Å². The summed E-state index contributed by atoms with van der Waals surface area (Å²) in [6.45, 7) is 0.237. The number of hydrogen-bond acceptors (Lipinski definition) is 7. The Morgan fingerprint density at radius 2 is 1.97 bits per heavy atom. The molecule has 0 unspecified atom stereocenters. The predicted octanol–water partition coefficient (Wildman–Crippen LogP) is 5.03. The first-order valence-electron chi connectivity index (χ1n) is 12.0. The molecule has 6 rings (SSSR count). The van der Waals surface area contributed by atoms with Crippen LogP contribution in [0.5, 0.6) is 11.5 Å². The van der Waals surface area contributed by atoms with Gasteiger partial charge in [0.05, 0.1) is 33.5 Å². The normalized spacial score (nSPS) is 26.7. The molecule has 2 heterocycles. The van der Waals surface area contributed by atoms with Gasteiger partial charge in [-0.25, -0.2) is 0 Å². The molecular weight excluding hydrogens is 685 g/mol. The van der Waals surface area contributed by atoms with Crippen LogP contribution in [0.1, 0.15) is 29.2 Å². The highest BCUT2D eigenvalue weighted by molar-refractivity contribution is 14.1. The van der Waals surface area contributed by atoms with Gasteiger partial charge in [-0.3, -0.25) is 24.1 Å². The SMILES string of the molecule is COc1cc([C@H]2C3=CC[C@@H]4C(=O)N(Cc5cccs5)C(=O)[C@@H]4[C@@H]3CC3=C2C(=O)C=C(Br)C3=O)cc(I)c1O. The third-order valence-corrected chi connectivity index (χ3v) is 10.2. The zero-order valence-corrected chi connectivity index (χ0v) is 24.6. The van der Waals surface area contributed by atoms with Gasteiger partial charge >= 0.3 is 0 Å². The van der Waals surface area contributed by atoms with E-state index in [2.05, 4.69) is 15.9 Å². The number of imide groups is 1. The van der Waals surface area contributed by atoms with Crippen molar-refractivity contribution in [2.45, 2.75) is 25.3 Å². The number of halogens is 2. The smallest absolute Gasteiger partial charge is 0.234 e. The summed E-state index contributed by atoms with van der Waals surface area (Å²) in [5.41, 5.74) is 2.30. The maximum absolute atomic E-state index is 13.8. The molecule has 1 aliphatic heterocycles. The number of carbonyl (C=O) groups is 4. The Morgan fingerprint density at radius 1 is 1.18 bits per heavy atom. The van der Waals surface area contributed by atoms with Crippen molar-refractivity contribution in [3.63, 3.8) is 0 Å². The van der Waals surface area contributed by atoms with Crippen molar-refractivity contribution in [1.82, 2.24) is 4.90 Å². The van der Waals surface area contributed by atoms with Gasteiger partial charge in [-0.1, -0.05) is 17.7 Å². The Hall–Kier alpha value is -2.57. The van der Waals surface area contributed by atoms with Crippen LogP contribution in [0.4, 0.5) is 0 Å². The minimum absolute atomic E-state index is 0.00873. The lowest BCUT2D eigenvalue weighted by Gasteiger charge is -2.42. The van der Waals surface area contributed by atoms with Gasteiger partial charge < -0.3 is 9.84 Å². The topological polar surface area (TPSA) is 101 Å². The molecule has 0 spiro atoms. The van der Waals surface area contributed by atoms with E-state index >= 15 is 0 Å². The zero-order chi connectivity index (χ0) is 26.9. The number of amides is 2. The number of benzene rings is 1. The van der Waals surface area contributed by atoms with Gasteiger partial charge in [-0.15, -0.1) is 11.3 Å². The average Bonchev–Trinajstić information content (AvgIpc) is 3.50. The van der Waals surface area contributed by atoms with Crippen molar-refractivity contribution >= 4 is 73.2 Å². The van der Waals surface area contributed by atoms with Gasteiger partial charge in [0, 0.05) is 28.0 Å². The van der Waals surface area contributed by atoms with Crippen molar-refractivity contribution < 1.29 is 29.0 Å². The lowest BCUT2D eigenvalue weighted by Crippen LogP contribution is -2.39. The number of carbonyl (C=O) groups excluding carboxylic acids is 4. The number of hydrogen-bond donors (Lipinski definition) is 1. The molecule has 0 saturated carbocycles. The minimum atomic E-state index is -0.607. The molecule has 0 bridgehead atoms. The molecule has 1 aromatic heterocycles. The fraction of sp³-hybridized carbons (Fsp3) is 0.286. The summed E-state index contributed by atoms with van der Waals surface area (Å²) in [4.78, 5) is 56.2. The standard InChI is InChI=1S/C28H21BrINO6S/c1-37-21-8-12(7-19(30)26(21)34)22-14-4-5-15-23(28(36)31(27(15)35)11-13-3-2-6-38-13)16(14)9-17-24(22)20(32)10-18(29)25(17)33/h2-4,6-8,10,15-16,22-23,34H,5,9,11H2,1H3/t15-,16+,22-,23-/m0/s1. The summed E-state index contributed by atoms with van der Waals surface area (Å²) in [6.07, 6.45) is 3.88. The van der Waals surface area contributed by atoms with E-state index in [1.54, 1.807) is 12.1 Å². The van der Waals surface area contributed by atoms with Crippen LogP contribution in [0, 0.1) is 21.3 Å². The number of aromatic hydroxyl groups is 1. The number of phenols is 1. The average molecular weight is 706 g/mol. The van der Waals surface area contributed by atoms with Crippen molar-refractivity contribution in [2.24, 2.45) is 17.8 Å². The van der Waals surface area contributed by atoms with Gasteiger partial charge in [0.25, 0.3) is 0 Å². The molecule has 1 aromatic carbocycles. The van der Waals surface area contributed by atoms with Gasteiger partial charge in [0.15, 0.2) is 23.1 Å². The molecule has 38 heavy (non-hydrogen) atoms. The van der Waals surface area contributed by atoms with E-state index in [1.165, 1.54) is 29.4 Å². The van der Waals surface area contributed by atoms with Crippen molar-refractivity contribution in [3.05, 3.63) is 77.0 Å².